The molecule has 3 rings (SSSR count). The molecule has 6 nitrogen and oxygen atoms in total. The highest BCUT2D eigenvalue weighted by molar-refractivity contribution is 6.05. The van der Waals surface area contributed by atoms with E-state index in [4.69, 9.17) is 4.74 Å². The summed E-state index contributed by atoms with van der Waals surface area (Å²) in [5, 5.41) is 0. The van der Waals surface area contributed by atoms with Gasteiger partial charge in [-0.25, -0.2) is 4.79 Å². The third kappa shape index (κ3) is 4.75. The van der Waals surface area contributed by atoms with E-state index in [9.17, 15) is 14.4 Å². The number of amides is 1. The van der Waals surface area contributed by atoms with Crippen molar-refractivity contribution in [1.29, 1.82) is 0 Å². The largest absolute Gasteiger partial charge is 0.461 e. The average molecular weight is 396 g/mol. The molecule has 0 spiro atoms. The minimum absolute atomic E-state index is 0.00892. The van der Waals surface area contributed by atoms with Crippen LogP contribution in [0.4, 0.5) is 0 Å². The molecule has 2 aromatic rings. The number of nitrogens with one attached hydrogen (secondary N) is 1. The monoisotopic (exact) mass is 396 g/mol. The Morgan fingerprint density at radius 2 is 1.76 bits per heavy atom. The van der Waals surface area contributed by atoms with Crippen LogP contribution in [0.5, 0.6) is 0 Å². The van der Waals surface area contributed by atoms with Crippen LogP contribution < -0.4 is 0 Å². The number of hydrogen-bond donors (Lipinski definition) is 1. The second-order valence-electron chi connectivity index (χ2n) is 7.76. The zero-order valence-corrected chi connectivity index (χ0v) is 17.5. The molecule has 1 heterocycles. The number of H-pyrrole nitrogens is 1. The average Bonchev–Trinajstić information content (AvgIpc) is 3.44. The molecule has 154 valence electrons. The summed E-state index contributed by atoms with van der Waals surface area (Å²) >= 11 is 0. The topological polar surface area (TPSA) is 79.5 Å². The van der Waals surface area contributed by atoms with Crippen LogP contribution in [-0.4, -0.2) is 47.2 Å². The molecule has 1 saturated carbocycles. The molecular weight excluding hydrogens is 368 g/mol. The van der Waals surface area contributed by atoms with E-state index in [2.05, 4.69) is 4.98 Å². The highest BCUT2D eigenvalue weighted by atomic mass is 16.5. The first-order valence-corrected chi connectivity index (χ1v) is 10.1. The first-order chi connectivity index (χ1) is 13.8. The molecule has 1 aliphatic rings. The van der Waals surface area contributed by atoms with E-state index in [1.54, 1.807) is 37.8 Å². The lowest BCUT2D eigenvalue weighted by molar-refractivity contribution is 0.0519. The van der Waals surface area contributed by atoms with Gasteiger partial charge < -0.3 is 14.6 Å². The molecule has 0 unspecified atom stereocenters. The number of hydrogen-bond acceptors (Lipinski definition) is 4. The third-order valence-corrected chi connectivity index (χ3v) is 5.29. The maximum Gasteiger partial charge on any atom is 0.355 e. The summed E-state index contributed by atoms with van der Waals surface area (Å²) in [6.07, 6.45) is 2.17. The van der Waals surface area contributed by atoms with E-state index in [1.807, 2.05) is 19.1 Å². The number of aromatic nitrogens is 1. The number of carbonyl (C=O) groups excluding carboxylic acids is 3. The van der Waals surface area contributed by atoms with Crippen molar-refractivity contribution in [2.75, 3.05) is 19.7 Å². The molecule has 1 aliphatic carbocycles. The van der Waals surface area contributed by atoms with Crippen LogP contribution >= 0.6 is 0 Å². The van der Waals surface area contributed by atoms with E-state index in [-0.39, 0.29) is 24.8 Å². The van der Waals surface area contributed by atoms with E-state index in [1.165, 1.54) is 0 Å². The predicted octanol–water partition coefficient (Wildman–Crippen LogP) is 3.85. The fraction of sp³-hybridized carbons (Fsp3) is 0.435. The van der Waals surface area contributed by atoms with Crippen LogP contribution in [0.3, 0.4) is 0 Å². The third-order valence-electron chi connectivity index (χ3n) is 5.29. The fourth-order valence-electron chi connectivity index (χ4n) is 3.54. The molecule has 1 aromatic heterocycles. The Kier molecular flexibility index (Phi) is 6.20. The first-order valence-electron chi connectivity index (χ1n) is 10.1. The highest BCUT2D eigenvalue weighted by Gasteiger charge is 2.30. The lowest BCUT2D eigenvalue weighted by Crippen LogP contribution is -2.37. The minimum Gasteiger partial charge on any atom is -0.461 e. The van der Waals surface area contributed by atoms with Gasteiger partial charge in [0.2, 0.25) is 0 Å². The number of nitrogens with zero attached hydrogens (tertiary/aromatic N) is 1. The number of rotatable bonds is 8. The number of ketones is 1. The molecule has 6 heteroatoms. The van der Waals surface area contributed by atoms with Crippen molar-refractivity contribution in [3.63, 3.8) is 0 Å². The van der Waals surface area contributed by atoms with Gasteiger partial charge in [0.15, 0.2) is 5.78 Å². The fourth-order valence-corrected chi connectivity index (χ4v) is 3.54. The van der Waals surface area contributed by atoms with Crippen LogP contribution in [0, 0.1) is 26.7 Å². The van der Waals surface area contributed by atoms with Crippen molar-refractivity contribution in [2.45, 2.75) is 40.5 Å². The van der Waals surface area contributed by atoms with Gasteiger partial charge in [-0.15, -0.1) is 0 Å². The van der Waals surface area contributed by atoms with E-state index < -0.39 is 5.97 Å². The van der Waals surface area contributed by atoms with Crippen LogP contribution in [0.15, 0.2) is 24.3 Å². The molecule has 1 fully saturated rings. The van der Waals surface area contributed by atoms with Gasteiger partial charge in [-0.2, -0.15) is 0 Å². The van der Waals surface area contributed by atoms with Crippen molar-refractivity contribution in [2.24, 2.45) is 5.92 Å². The Balaban J connectivity index is 1.82. The second kappa shape index (κ2) is 8.64. The van der Waals surface area contributed by atoms with Crippen LogP contribution in [-0.2, 0) is 4.74 Å². The molecule has 0 atom stereocenters. The Morgan fingerprint density at radius 3 is 2.34 bits per heavy atom. The van der Waals surface area contributed by atoms with Gasteiger partial charge >= 0.3 is 5.97 Å². The van der Waals surface area contributed by atoms with Crippen molar-refractivity contribution in [3.05, 3.63) is 57.9 Å². The molecule has 0 saturated heterocycles. The van der Waals surface area contributed by atoms with Crippen molar-refractivity contribution in [1.82, 2.24) is 9.88 Å². The highest BCUT2D eigenvalue weighted by Crippen LogP contribution is 2.30. The SMILES string of the molecule is CCOC(=O)c1[nH]c(C)c(C(=O)CN(CC2CC2)C(=O)c2ccc(C)cc2)c1C. The number of benzene rings is 1. The molecule has 0 aliphatic heterocycles. The number of carbonyl (C=O) groups is 3. The quantitative estimate of drug-likeness (QED) is 0.543. The Bertz CT molecular complexity index is 923. The smallest absolute Gasteiger partial charge is 0.355 e. The zero-order valence-electron chi connectivity index (χ0n) is 17.5. The Hall–Kier alpha value is -2.89. The van der Waals surface area contributed by atoms with Gasteiger partial charge in [-0.1, -0.05) is 17.7 Å². The Morgan fingerprint density at radius 1 is 1.10 bits per heavy atom. The van der Waals surface area contributed by atoms with Gasteiger partial charge in [0.1, 0.15) is 5.69 Å². The number of esters is 1. The maximum atomic E-state index is 13.1. The van der Waals surface area contributed by atoms with E-state index >= 15 is 0 Å². The summed E-state index contributed by atoms with van der Waals surface area (Å²) in [7, 11) is 0. The Labute approximate surface area is 171 Å². The minimum atomic E-state index is -0.474. The normalized spacial score (nSPS) is 13.2. The van der Waals surface area contributed by atoms with E-state index in [0.717, 1.165) is 18.4 Å². The molecule has 29 heavy (non-hydrogen) atoms. The molecule has 0 bridgehead atoms. The molecular formula is C23H28N2O4. The summed E-state index contributed by atoms with van der Waals surface area (Å²) in [6.45, 7) is 8.03. The van der Waals surface area contributed by atoms with Crippen molar-refractivity contribution >= 4 is 17.7 Å². The summed E-state index contributed by atoms with van der Waals surface area (Å²) in [5.74, 6) is -0.326. The summed E-state index contributed by atoms with van der Waals surface area (Å²) < 4.78 is 5.06. The zero-order chi connectivity index (χ0) is 21.1. The van der Waals surface area contributed by atoms with Crippen LogP contribution in [0.25, 0.3) is 0 Å². The van der Waals surface area contributed by atoms with Crippen molar-refractivity contribution < 1.29 is 19.1 Å². The standard InChI is InChI=1S/C23H28N2O4/c1-5-29-23(28)21-15(3)20(16(4)24-21)19(26)13-25(12-17-8-9-17)22(27)18-10-6-14(2)7-11-18/h6-7,10-11,17,24H,5,8-9,12-13H2,1-4H3. The molecule has 1 aromatic carbocycles. The van der Waals surface area contributed by atoms with Crippen LogP contribution in [0.2, 0.25) is 0 Å². The second-order valence-corrected chi connectivity index (χ2v) is 7.76. The number of aryl methyl sites for hydroxylation is 2. The van der Waals surface area contributed by atoms with Crippen LogP contribution in [0.1, 0.15) is 67.8 Å². The lowest BCUT2D eigenvalue weighted by Gasteiger charge is -2.22. The van der Waals surface area contributed by atoms with Gasteiger partial charge in [-0.05, 0) is 64.2 Å². The molecule has 0 radical (unpaired) electrons. The number of ether oxygens (including phenoxy) is 1. The molecule has 1 N–H and O–H groups in total. The van der Waals surface area contributed by atoms with Gasteiger partial charge in [-0.3, -0.25) is 9.59 Å². The van der Waals surface area contributed by atoms with Crippen molar-refractivity contribution in [3.8, 4) is 0 Å². The van der Waals surface area contributed by atoms with Gasteiger partial charge in [0, 0.05) is 23.4 Å². The summed E-state index contributed by atoms with van der Waals surface area (Å²) in [4.78, 5) is 42.9. The number of aromatic amines is 1. The van der Waals surface area contributed by atoms with E-state index in [0.29, 0.717) is 40.5 Å². The number of Topliss-reactive ketones (excluding diaryl/α,β-unsaturated/α-hetero) is 1. The molecule has 1 amide bonds. The summed E-state index contributed by atoms with van der Waals surface area (Å²) in [6, 6.07) is 7.40. The lowest BCUT2D eigenvalue weighted by atomic mass is 10.0. The van der Waals surface area contributed by atoms with Gasteiger partial charge in [0.25, 0.3) is 5.91 Å². The first kappa shape index (κ1) is 20.8. The predicted molar refractivity (Wildman–Crippen MR) is 110 cm³/mol. The summed E-state index contributed by atoms with van der Waals surface area (Å²) in [5.41, 5.74) is 3.61. The maximum absolute atomic E-state index is 13.1. The van der Waals surface area contributed by atoms with Gasteiger partial charge in [0.05, 0.1) is 13.2 Å².